The molecule has 1 atom stereocenters. The fraction of sp³-hybridized carbons (Fsp3) is 0.304. The molecule has 0 spiro atoms. The van der Waals surface area contributed by atoms with Crippen LogP contribution in [0.15, 0.2) is 49.1 Å². The molecule has 0 radical (unpaired) electrons. The zero-order valence-electron chi connectivity index (χ0n) is 18.9. The van der Waals surface area contributed by atoms with Crippen LogP contribution in [0.2, 0.25) is 0 Å². The first kappa shape index (κ1) is 21.7. The van der Waals surface area contributed by atoms with Crippen molar-refractivity contribution < 1.29 is 19.4 Å². The highest BCUT2D eigenvalue weighted by Gasteiger charge is 2.27. The highest BCUT2D eigenvalue weighted by molar-refractivity contribution is 5.90. The van der Waals surface area contributed by atoms with E-state index in [2.05, 4.69) is 15.4 Å². The van der Waals surface area contributed by atoms with Crippen LogP contribution in [-0.2, 0) is 4.74 Å². The van der Waals surface area contributed by atoms with E-state index < -0.39 is 5.97 Å². The first-order valence-electron chi connectivity index (χ1n) is 10.9. The zero-order chi connectivity index (χ0) is 23.7. The van der Waals surface area contributed by atoms with Gasteiger partial charge in [-0.3, -0.25) is 0 Å². The normalized spacial score (nSPS) is 15.6. The Morgan fingerprint density at radius 1 is 1.29 bits per heavy atom. The van der Waals surface area contributed by atoms with Crippen LogP contribution < -0.4 is 15.0 Å². The second-order valence-corrected chi connectivity index (χ2v) is 7.97. The van der Waals surface area contributed by atoms with Gasteiger partial charge in [-0.05, 0) is 37.1 Å². The monoisotopic (exact) mass is 463 g/mol. The summed E-state index contributed by atoms with van der Waals surface area (Å²) in [6.07, 6.45) is 7.19. The lowest BCUT2D eigenvalue weighted by Crippen LogP contribution is -2.34. The van der Waals surface area contributed by atoms with Gasteiger partial charge in [-0.15, -0.1) is 5.10 Å². The Balaban J connectivity index is 1.47. The summed E-state index contributed by atoms with van der Waals surface area (Å²) in [7, 11) is 2.88. The van der Waals surface area contributed by atoms with Gasteiger partial charge in [0.2, 0.25) is 5.95 Å². The predicted octanol–water partition coefficient (Wildman–Crippen LogP) is 2.41. The second-order valence-electron chi connectivity index (χ2n) is 7.97. The van der Waals surface area contributed by atoms with E-state index in [-0.39, 0.29) is 12.6 Å². The van der Waals surface area contributed by atoms with Crippen LogP contribution in [0.3, 0.4) is 0 Å². The van der Waals surface area contributed by atoms with Gasteiger partial charge >= 0.3 is 5.97 Å². The van der Waals surface area contributed by atoms with Crippen LogP contribution in [0, 0.1) is 0 Å². The first-order chi connectivity index (χ1) is 16.6. The Hall–Kier alpha value is -4.12. The van der Waals surface area contributed by atoms with E-state index in [0.29, 0.717) is 34.6 Å². The molecule has 1 saturated heterocycles. The number of benzene rings is 1. The van der Waals surface area contributed by atoms with E-state index in [1.807, 2.05) is 23.2 Å². The lowest BCUT2D eigenvalue weighted by atomic mass is 10.2. The molecule has 1 aliphatic rings. The quantitative estimate of drug-likeness (QED) is 0.398. The van der Waals surface area contributed by atoms with E-state index in [4.69, 9.17) is 14.5 Å². The smallest absolute Gasteiger partial charge is 0.338 e. The number of hydrogen-bond donors (Lipinski definition) is 2. The molecule has 11 nitrogen and oxygen atoms in total. The van der Waals surface area contributed by atoms with Crippen molar-refractivity contribution in [3.8, 4) is 11.4 Å². The van der Waals surface area contributed by atoms with Gasteiger partial charge in [-0.1, -0.05) is 0 Å². The fourth-order valence-electron chi connectivity index (χ4n) is 4.16. The van der Waals surface area contributed by atoms with Gasteiger partial charge < -0.3 is 29.4 Å². The Kier molecular flexibility index (Phi) is 5.76. The van der Waals surface area contributed by atoms with E-state index in [9.17, 15) is 9.90 Å². The number of carbonyl (C=O) groups is 1. The zero-order valence-corrected chi connectivity index (χ0v) is 18.9. The molecule has 4 aromatic rings. The van der Waals surface area contributed by atoms with Crippen LogP contribution in [0.1, 0.15) is 23.2 Å². The molecule has 0 bridgehead atoms. The third-order valence-corrected chi connectivity index (χ3v) is 5.90. The molecule has 11 heteroatoms. The van der Waals surface area contributed by atoms with Crippen molar-refractivity contribution in [1.82, 2.24) is 24.1 Å². The van der Waals surface area contributed by atoms with Crippen LogP contribution in [0.25, 0.3) is 11.2 Å². The average molecular weight is 463 g/mol. The van der Waals surface area contributed by atoms with Gasteiger partial charge in [-0.25, -0.2) is 14.3 Å². The number of aliphatic hydroxyl groups excluding tert-OH is 1. The third-order valence-electron chi connectivity index (χ3n) is 5.90. The van der Waals surface area contributed by atoms with Gasteiger partial charge in [-0.2, -0.15) is 4.98 Å². The largest absolute Gasteiger partial charge is 0.497 e. The van der Waals surface area contributed by atoms with Crippen molar-refractivity contribution in [2.75, 3.05) is 37.6 Å². The number of carbonyl (C=O) groups excluding carboxylic acids is 1. The summed E-state index contributed by atoms with van der Waals surface area (Å²) in [6, 6.07) is 8.95. The summed E-state index contributed by atoms with van der Waals surface area (Å²) in [6.45, 7) is 0.860. The molecule has 0 aliphatic carbocycles. The maximum atomic E-state index is 12.0. The average Bonchev–Trinajstić information content (AvgIpc) is 3.63. The summed E-state index contributed by atoms with van der Waals surface area (Å²) in [4.78, 5) is 23.3. The number of aliphatic hydroxyl groups is 1. The molecule has 4 heterocycles. The lowest BCUT2D eigenvalue weighted by molar-refractivity contribution is 0.0600. The molecule has 5 rings (SSSR count). The maximum absolute atomic E-state index is 12.0. The predicted molar refractivity (Wildman–Crippen MR) is 125 cm³/mol. The molecule has 2 N–H and O–H groups in total. The van der Waals surface area contributed by atoms with Crippen LogP contribution in [0.5, 0.6) is 5.75 Å². The number of methoxy groups -OCH3 is 2. The number of hydrogen-bond acceptors (Lipinski definition) is 9. The van der Waals surface area contributed by atoms with Gasteiger partial charge in [0, 0.05) is 18.8 Å². The molecular weight excluding hydrogens is 438 g/mol. The van der Waals surface area contributed by atoms with Crippen molar-refractivity contribution in [2.45, 2.75) is 18.9 Å². The standard InChI is InChI=1S/C23H25N7O4/c1-33-18-10-15(22(32)34-2)9-17(11-18)28-12-20(24-14-28)25-21-19-6-4-8-30(19)27-23(26-21)29-7-3-5-16(29)13-31/h4,6,8-12,14,16,31H,3,5,7,13H2,1-2H3,(H,25,26,27). The number of ether oxygens (including phenoxy) is 2. The highest BCUT2D eigenvalue weighted by atomic mass is 16.5. The number of imidazole rings is 1. The van der Waals surface area contributed by atoms with Crippen molar-refractivity contribution in [1.29, 1.82) is 0 Å². The van der Waals surface area contributed by atoms with Crippen LogP contribution in [-0.4, -0.2) is 68.6 Å². The maximum Gasteiger partial charge on any atom is 0.338 e. The Bertz CT molecular complexity index is 1330. The minimum absolute atomic E-state index is 0.0112. The number of nitrogens with zero attached hydrogens (tertiary/aromatic N) is 6. The molecule has 1 aromatic carbocycles. The summed E-state index contributed by atoms with van der Waals surface area (Å²) in [5.74, 6) is 1.80. The van der Waals surface area contributed by atoms with E-state index >= 15 is 0 Å². The molecule has 1 fully saturated rings. The van der Waals surface area contributed by atoms with Gasteiger partial charge in [0.1, 0.15) is 23.4 Å². The van der Waals surface area contributed by atoms with Crippen LogP contribution in [0.4, 0.5) is 17.6 Å². The molecule has 0 saturated carbocycles. The highest BCUT2D eigenvalue weighted by Crippen LogP contribution is 2.27. The summed E-state index contributed by atoms with van der Waals surface area (Å²) in [5, 5.41) is 17.6. The SMILES string of the molecule is COC(=O)c1cc(OC)cc(-n2cnc(Nc3nc(N4CCCC4CO)nn4cccc34)c2)c1. The number of fused-ring (bicyclic) bond motifs is 1. The molecule has 34 heavy (non-hydrogen) atoms. The van der Waals surface area contributed by atoms with Crippen LogP contribution >= 0.6 is 0 Å². The summed E-state index contributed by atoms with van der Waals surface area (Å²) < 4.78 is 13.7. The number of anilines is 3. The second kappa shape index (κ2) is 9.02. The number of nitrogens with one attached hydrogen (secondary N) is 1. The molecule has 0 amide bonds. The fourth-order valence-corrected chi connectivity index (χ4v) is 4.16. The molecule has 1 aliphatic heterocycles. The topological polar surface area (TPSA) is 119 Å². The summed E-state index contributed by atoms with van der Waals surface area (Å²) >= 11 is 0. The Morgan fingerprint density at radius 3 is 2.97 bits per heavy atom. The Labute approximate surface area is 195 Å². The number of aromatic nitrogens is 5. The van der Waals surface area contributed by atoms with E-state index in [1.54, 1.807) is 39.8 Å². The molecular formula is C23H25N7O4. The lowest BCUT2D eigenvalue weighted by Gasteiger charge is -2.23. The minimum atomic E-state index is -0.453. The third kappa shape index (κ3) is 4.01. The molecule has 3 aromatic heterocycles. The Morgan fingerprint density at radius 2 is 2.18 bits per heavy atom. The van der Waals surface area contributed by atoms with Crippen molar-refractivity contribution >= 4 is 29.1 Å². The minimum Gasteiger partial charge on any atom is -0.497 e. The number of rotatable bonds is 7. The summed E-state index contributed by atoms with van der Waals surface area (Å²) in [5.41, 5.74) is 1.87. The van der Waals surface area contributed by atoms with E-state index in [1.165, 1.54) is 14.2 Å². The van der Waals surface area contributed by atoms with Gasteiger partial charge in [0.05, 0.1) is 44.3 Å². The molecule has 1 unspecified atom stereocenters. The van der Waals surface area contributed by atoms with Crippen molar-refractivity contribution in [3.63, 3.8) is 0 Å². The van der Waals surface area contributed by atoms with Crippen molar-refractivity contribution in [2.24, 2.45) is 0 Å². The van der Waals surface area contributed by atoms with Gasteiger partial charge in [0.15, 0.2) is 5.82 Å². The molecule has 176 valence electrons. The van der Waals surface area contributed by atoms with Gasteiger partial charge in [0.25, 0.3) is 0 Å². The van der Waals surface area contributed by atoms with E-state index in [0.717, 1.165) is 24.9 Å². The van der Waals surface area contributed by atoms with Crippen molar-refractivity contribution in [3.05, 3.63) is 54.6 Å². The number of esters is 1. The first-order valence-corrected chi connectivity index (χ1v) is 10.9.